The smallest absolute Gasteiger partial charge is 0.124 e. The second-order valence-electron chi connectivity index (χ2n) is 6.61. The maximum Gasteiger partial charge on any atom is 0.124 e. The standard InChI is InChI=1S/C22H29ClFNO/c1-2-3-4-5-6-7-14-25-16-19-15-20(23)10-13-22(19)26-17-18-8-11-21(24)12-9-18/h8-13,15,25H,2-7,14,16-17H2,1H3. The van der Waals surface area contributed by atoms with E-state index in [-0.39, 0.29) is 5.82 Å². The van der Waals surface area contributed by atoms with Crippen LogP contribution in [0.4, 0.5) is 4.39 Å². The molecule has 2 aromatic rings. The zero-order valence-electron chi connectivity index (χ0n) is 15.6. The van der Waals surface area contributed by atoms with E-state index < -0.39 is 0 Å². The number of hydrogen-bond acceptors (Lipinski definition) is 2. The second-order valence-corrected chi connectivity index (χ2v) is 7.05. The quantitative estimate of drug-likeness (QED) is 0.426. The Balaban J connectivity index is 1.78. The molecule has 0 bridgehead atoms. The maximum absolute atomic E-state index is 13.0. The molecule has 0 radical (unpaired) electrons. The van der Waals surface area contributed by atoms with Crippen molar-refractivity contribution in [3.63, 3.8) is 0 Å². The van der Waals surface area contributed by atoms with E-state index in [1.165, 1.54) is 50.7 Å². The Hall–Kier alpha value is -1.58. The molecule has 0 saturated heterocycles. The van der Waals surface area contributed by atoms with Crippen LogP contribution in [0, 0.1) is 5.82 Å². The molecule has 0 aliphatic carbocycles. The largest absolute Gasteiger partial charge is 0.489 e. The molecule has 26 heavy (non-hydrogen) atoms. The van der Waals surface area contributed by atoms with Crippen LogP contribution in [0.15, 0.2) is 42.5 Å². The monoisotopic (exact) mass is 377 g/mol. The Morgan fingerprint density at radius 2 is 1.69 bits per heavy atom. The topological polar surface area (TPSA) is 21.3 Å². The normalized spacial score (nSPS) is 10.9. The highest BCUT2D eigenvalue weighted by molar-refractivity contribution is 6.30. The lowest BCUT2D eigenvalue weighted by atomic mass is 10.1. The summed E-state index contributed by atoms with van der Waals surface area (Å²) >= 11 is 6.14. The second kappa shape index (κ2) is 11.9. The molecular formula is C22H29ClFNO. The van der Waals surface area contributed by atoms with Gasteiger partial charge in [0.1, 0.15) is 18.2 Å². The number of halogens is 2. The van der Waals surface area contributed by atoms with Crippen LogP contribution in [0.2, 0.25) is 5.02 Å². The van der Waals surface area contributed by atoms with Crippen molar-refractivity contribution in [3.05, 3.63) is 64.4 Å². The molecule has 2 aromatic carbocycles. The molecule has 0 unspecified atom stereocenters. The Morgan fingerprint density at radius 1 is 0.962 bits per heavy atom. The minimum atomic E-state index is -0.236. The van der Waals surface area contributed by atoms with Gasteiger partial charge in [0.15, 0.2) is 0 Å². The first-order chi connectivity index (χ1) is 12.7. The van der Waals surface area contributed by atoms with E-state index in [1.807, 2.05) is 18.2 Å². The van der Waals surface area contributed by atoms with Gasteiger partial charge in [0, 0.05) is 17.1 Å². The molecule has 1 N–H and O–H groups in total. The number of rotatable bonds is 12. The first-order valence-corrected chi connectivity index (χ1v) is 9.93. The third-order valence-corrected chi connectivity index (χ3v) is 4.59. The molecule has 0 amide bonds. The van der Waals surface area contributed by atoms with E-state index in [0.29, 0.717) is 11.6 Å². The summed E-state index contributed by atoms with van der Waals surface area (Å²) in [6, 6.07) is 12.0. The van der Waals surface area contributed by atoms with E-state index in [0.717, 1.165) is 30.0 Å². The van der Waals surface area contributed by atoms with Crippen molar-refractivity contribution in [1.82, 2.24) is 5.32 Å². The summed E-state index contributed by atoms with van der Waals surface area (Å²) in [4.78, 5) is 0. The lowest BCUT2D eigenvalue weighted by molar-refractivity contribution is 0.302. The highest BCUT2D eigenvalue weighted by atomic mass is 35.5. The van der Waals surface area contributed by atoms with Gasteiger partial charge >= 0.3 is 0 Å². The van der Waals surface area contributed by atoms with Crippen LogP contribution in [-0.4, -0.2) is 6.54 Å². The molecule has 142 valence electrons. The molecule has 0 aromatic heterocycles. The minimum Gasteiger partial charge on any atom is -0.489 e. The molecule has 0 aliphatic rings. The van der Waals surface area contributed by atoms with Crippen molar-refractivity contribution in [3.8, 4) is 5.75 Å². The van der Waals surface area contributed by atoms with Gasteiger partial charge in [0.05, 0.1) is 0 Å². The molecule has 0 heterocycles. The average molecular weight is 378 g/mol. The van der Waals surface area contributed by atoms with E-state index >= 15 is 0 Å². The molecule has 4 heteroatoms. The van der Waals surface area contributed by atoms with E-state index in [9.17, 15) is 4.39 Å². The molecule has 0 saturated carbocycles. The lowest BCUT2D eigenvalue weighted by Crippen LogP contribution is -2.15. The van der Waals surface area contributed by atoms with Crippen molar-refractivity contribution in [2.45, 2.75) is 58.6 Å². The van der Waals surface area contributed by atoms with Gasteiger partial charge in [-0.25, -0.2) is 4.39 Å². The summed E-state index contributed by atoms with van der Waals surface area (Å²) < 4.78 is 18.9. The highest BCUT2D eigenvalue weighted by Gasteiger charge is 2.06. The SMILES string of the molecule is CCCCCCCCNCc1cc(Cl)ccc1OCc1ccc(F)cc1. The van der Waals surface area contributed by atoms with E-state index in [4.69, 9.17) is 16.3 Å². The summed E-state index contributed by atoms with van der Waals surface area (Å²) in [5.74, 6) is 0.578. The number of nitrogens with one attached hydrogen (secondary N) is 1. The molecule has 0 fully saturated rings. The van der Waals surface area contributed by atoms with Crippen LogP contribution in [-0.2, 0) is 13.2 Å². The molecule has 2 nitrogen and oxygen atoms in total. The number of hydrogen-bond donors (Lipinski definition) is 1. The van der Waals surface area contributed by atoms with Gasteiger partial charge in [-0.05, 0) is 48.9 Å². The highest BCUT2D eigenvalue weighted by Crippen LogP contribution is 2.24. The fourth-order valence-electron chi connectivity index (χ4n) is 2.82. The van der Waals surface area contributed by atoms with Gasteiger partial charge in [0.2, 0.25) is 0 Å². The zero-order chi connectivity index (χ0) is 18.6. The Bertz CT molecular complexity index is 645. The summed E-state index contributed by atoms with van der Waals surface area (Å²) in [6.45, 7) is 4.37. The van der Waals surface area contributed by atoms with Crippen molar-refractivity contribution < 1.29 is 9.13 Å². The van der Waals surface area contributed by atoms with Crippen LogP contribution >= 0.6 is 11.6 Å². The van der Waals surface area contributed by atoms with Gasteiger partial charge in [0.25, 0.3) is 0 Å². The van der Waals surface area contributed by atoms with Gasteiger partial charge < -0.3 is 10.1 Å². The number of benzene rings is 2. The summed E-state index contributed by atoms with van der Waals surface area (Å²) in [5, 5.41) is 4.18. The Kier molecular flexibility index (Phi) is 9.51. The predicted octanol–water partition coefficient (Wildman–Crippen LogP) is 6.51. The van der Waals surface area contributed by atoms with Crippen LogP contribution in [0.1, 0.15) is 56.6 Å². The van der Waals surface area contributed by atoms with Crippen LogP contribution in [0.5, 0.6) is 5.75 Å². The zero-order valence-corrected chi connectivity index (χ0v) is 16.3. The molecule has 0 aliphatic heterocycles. The van der Waals surface area contributed by atoms with E-state index in [1.54, 1.807) is 12.1 Å². The Labute approximate surface area is 161 Å². The predicted molar refractivity (Wildman–Crippen MR) is 107 cm³/mol. The fraction of sp³-hybridized carbons (Fsp3) is 0.455. The Morgan fingerprint density at radius 3 is 2.46 bits per heavy atom. The van der Waals surface area contributed by atoms with Gasteiger partial charge in [-0.3, -0.25) is 0 Å². The molecule has 2 rings (SSSR count). The summed E-state index contributed by atoms with van der Waals surface area (Å²) in [5.41, 5.74) is 1.98. The van der Waals surface area contributed by atoms with Gasteiger partial charge in [-0.2, -0.15) is 0 Å². The third-order valence-electron chi connectivity index (χ3n) is 4.35. The fourth-order valence-corrected chi connectivity index (χ4v) is 3.02. The van der Waals surface area contributed by atoms with Crippen molar-refractivity contribution in [1.29, 1.82) is 0 Å². The molecule has 0 spiro atoms. The van der Waals surface area contributed by atoms with Gasteiger partial charge in [-0.1, -0.05) is 62.8 Å². The van der Waals surface area contributed by atoms with E-state index in [2.05, 4.69) is 12.2 Å². The average Bonchev–Trinajstić information content (AvgIpc) is 2.64. The van der Waals surface area contributed by atoms with Gasteiger partial charge in [-0.15, -0.1) is 0 Å². The van der Waals surface area contributed by atoms with Crippen LogP contribution in [0.25, 0.3) is 0 Å². The van der Waals surface area contributed by atoms with Crippen LogP contribution in [0.3, 0.4) is 0 Å². The minimum absolute atomic E-state index is 0.236. The maximum atomic E-state index is 13.0. The third kappa shape index (κ3) is 7.76. The van der Waals surface area contributed by atoms with Crippen molar-refractivity contribution in [2.24, 2.45) is 0 Å². The van der Waals surface area contributed by atoms with Crippen molar-refractivity contribution in [2.75, 3.05) is 6.54 Å². The lowest BCUT2D eigenvalue weighted by Gasteiger charge is -2.13. The number of unbranched alkanes of at least 4 members (excludes halogenated alkanes) is 5. The summed E-state index contributed by atoms with van der Waals surface area (Å²) in [6.07, 6.45) is 7.75. The molecular weight excluding hydrogens is 349 g/mol. The first kappa shape index (κ1) is 20.7. The number of ether oxygens (including phenoxy) is 1. The van der Waals surface area contributed by atoms with Crippen molar-refractivity contribution >= 4 is 11.6 Å². The summed E-state index contributed by atoms with van der Waals surface area (Å²) in [7, 11) is 0. The first-order valence-electron chi connectivity index (χ1n) is 9.55. The molecule has 0 atom stereocenters. The van der Waals surface area contributed by atoms with Crippen LogP contribution < -0.4 is 10.1 Å².